The van der Waals surface area contributed by atoms with Crippen LogP contribution in [0, 0.1) is 24.7 Å². The number of nitrogens with zero attached hydrogens (tertiary/aromatic N) is 2. The Bertz CT molecular complexity index is 1580. The quantitative estimate of drug-likeness (QED) is 0.127. The van der Waals surface area contributed by atoms with Gasteiger partial charge in [0.15, 0.2) is 0 Å². The number of terminal acetylenes is 2. The number of carboxylic acids is 2. The first kappa shape index (κ1) is 32.5. The Morgan fingerprint density at radius 3 is 1.76 bits per heavy atom. The number of carbonyl (C=O) groups is 2. The van der Waals surface area contributed by atoms with Gasteiger partial charge < -0.3 is 26.2 Å². The number of hydrogen-bond donors (Lipinski definition) is 6. The number of fused-ring (bicyclic) bond motifs is 2. The van der Waals surface area contributed by atoms with Gasteiger partial charge in [0.1, 0.15) is 34.6 Å². The summed E-state index contributed by atoms with van der Waals surface area (Å²) in [7, 11) is 0. The van der Waals surface area contributed by atoms with Crippen LogP contribution in [0.4, 0.5) is 0 Å². The average Bonchev–Trinajstić information content (AvgIpc) is 2.98. The molecule has 0 aliphatic carbocycles. The highest BCUT2D eigenvalue weighted by Crippen LogP contribution is 2.27. The van der Waals surface area contributed by atoms with Crippen LogP contribution in [0.3, 0.4) is 0 Å². The number of aromatic hydroxyl groups is 2. The Hall–Kier alpha value is -4.68. The highest BCUT2D eigenvalue weighted by molar-refractivity contribution is 9.09. The Morgan fingerprint density at radius 1 is 0.854 bits per heavy atom. The van der Waals surface area contributed by atoms with Gasteiger partial charge in [-0.3, -0.25) is 24.9 Å². The van der Waals surface area contributed by atoms with Crippen LogP contribution in [-0.4, -0.2) is 66.3 Å². The summed E-state index contributed by atoms with van der Waals surface area (Å²) in [6.45, 7) is 0.186. The van der Waals surface area contributed by atoms with Crippen LogP contribution in [-0.2, 0) is 22.4 Å². The summed E-state index contributed by atoms with van der Waals surface area (Å²) in [5.74, 6) is 2.85. The third-order valence-electron chi connectivity index (χ3n) is 5.68. The molecule has 10 nitrogen and oxygen atoms in total. The highest BCUT2D eigenvalue weighted by atomic mass is 79.9. The molecule has 0 aliphatic heterocycles. The van der Waals surface area contributed by atoms with Crippen LogP contribution >= 0.6 is 15.9 Å². The van der Waals surface area contributed by atoms with E-state index in [-0.39, 0.29) is 30.9 Å². The van der Waals surface area contributed by atoms with Gasteiger partial charge in [-0.2, -0.15) is 0 Å². The number of halogens is 1. The van der Waals surface area contributed by atoms with Crippen LogP contribution in [0.15, 0.2) is 60.9 Å². The number of phenolic OH excluding ortho intramolecular Hbond substituents is 2. The zero-order valence-corrected chi connectivity index (χ0v) is 23.5. The smallest absolute Gasteiger partial charge is 0.321 e. The fourth-order valence-corrected chi connectivity index (χ4v) is 3.76. The monoisotopic (exact) mass is 620 g/mol. The molecule has 0 aliphatic rings. The van der Waals surface area contributed by atoms with E-state index in [1.54, 1.807) is 48.8 Å². The van der Waals surface area contributed by atoms with E-state index < -0.39 is 24.0 Å². The molecule has 2 aromatic heterocycles. The Morgan fingerprint density at radius 2 is 1.34 bits per heavy atom. The van der Waals surface area contributed by atoms with Crippen molar-refractivity contribution in [3.8, 4) is 36.2 Å². The van der Waals surface area contributed by atoms with Crippen molar-refractivity contribution in [1.29, 1.82) is 0 Å². The molecule has 7 N–H and O–H groups in total. The molecule has 0 saturated carbocycles. The van der Waals surface area contributed by atoms with E-state index >= 15 is 0 Å². The summed E-state index contributed by atoms with van der Waals surface area (Å²) in [6, 6.07) is 11.7. The Labute approximate surface area is 245 Å². The molecule has 4 aromatic rings. The molecule has 0 radical (unpaired) electrons. The molecule has 0 spiro atoms. The number of hydrogen-bond acceptors (Lipinski definition) is 8. The second kappa shape index (κ2) is 16.4. The molecule has 0 unspecified atom stereocenters. The van der Waals surface area contributed by atoms with Crippen LogP contribution in [0.5, 0.6) is 11.5 Å². The van der Waals surface area contributed by atoms with Gasteiger partial charge in [-0.15, -0.1) is 12.8 Å². The first-order chi connectivity index (χ1) is 19.6. The summed E-state index contributed by atoms with van der Waals surface area (Å²) in [4.78, 5) is 30.1. The van der Waals surface area contributed by atoms with Gasteiger partial charge in [0.25, 0.3) is 0 Å². The van der Waals surface area contributed by atoms with E-state index in [4.69, 9.17) is 23.7 Å². The van der Waals surface area contributed by atoms with Gasteiger partial charge >= 0.3 is 11.9 Å². The van der Waals surface area contributed by atoms with Crippen molar-refractivity contribution in [1.82, 2.24) is 15.3 Å². The summed E-state index contributed by atoms with van der Waals surface area (Å²) in [5, 5.41) is 42.3. The molecule has 2 aromatic carbocycles. The van der Waals surface area contributed by atoms with Crippen molar-refractivity contribution in [2.24, 2.45) is 5.73 Å². The number of nitrogens with two attached hydrogens (primary N) is 1. The number of benzene rings is 2. The molecule has 41 heavy (non-hydrogen) atoms. The van der Waals surface area contributed by atoms with E-state index in [2.05, 4.69) is 43.1 Å². The highest BCUT2D eigenvalue weighted by Gasteiger charge is 2.19. The lowest BCUT2D eigenvalue weighted by molar-refractivity contribution is -0.140. The van der Waals surface area contributed by atoms with Crippen LogP contribution in [0.2, 0.25) is 0 Å². The molecule has 4 rings (SSSR count). The average molecular weight is 621 g/mol. The summed E-state index contributed by atoms with van der Waals surface area (Å²) in [5.41, 5.74) is 7.98. The maximum absolute atomic E-state index is 11.2. The molecule has 0 amide bonds. The molecule has 0 saturated heterocycles. The van der Waals surface area contributed by atoms with Crippen molar-refractivity contribution in [2.45, 2.75) is 24.9 Å². The van der Waals surface area contributed by atoms with E-state index in [0.29, 0.717) is 16.4 Å². The van der Waals surface area contributed by atoms with Gasteiger partial charge in [-0.05, 0) is 48.2 Å². The fourth-order valence-electron chi connectivity index (χ4n) is 3.76. The van der Waals surface area contributed by atoms with E-state index in [0.717, 1.165) is 21.9 Å². The summed E-state index contributed by atoms with van der Waals surface area (Å²) in [6.07, 6.45) is 13.5. The molecule has 0 bridgehead atoms. The van der Waals surface area contributed by atoms with Crippen molar-refractivity contribution in [3.63, 3.8) is 0 Å². The molecule has 11 heteroatoms. The number of alkyl halides is 1. The fraction of sp³-hybridized carbons (Fsp3) is 0.200. The SMILES string of the molecule is C#CCBr.C#CCN[C@@H](Cc1ccc(O)c2ncccc12)C(=O)O.N[C@@H](Cc1ccc(O)c2ncccc12)C(=O)O. The number of pyridine rings is 2. The van der Waals surface area contributed by atoms with E-state index in [1.807, 2.05) is 0 Å². The topological polar surface area (TPSA) is 179 Å². The van der Waals surface area contributed by atoms with E-state index in [1.165, 1.54) is 12.1 Å². The maximum Gasteiger partial charge on any atom is 0.321 e. The van der Waals surface area contributed by atoms with Gasteiger partial charge in [0.05, 0.1) is 11.9 Å². The number of nitrogens with one attached hydrogen (secondary N) is 1. The van der Waals surface area contributed by atoms with Crippen molar-refractivity contribution < 1.29 is 30.0 Å². The first-order valence-corrected chi connectivity index (χ1v) is 13.2. The zero-order valence-electron chi connectivity index (χ0n) is 21.9. The van der Waals surface area contributed by atoms with Crippen molar-refractivity contribution in [2.75, 3.05) is 11.9 Å². The van der Waals surface area contributed by atoms with Crippen molar-refractivity contribution in [3.05, 3.63) is 72.1 Å². The van der Waals surface area contributed by atoms with Crippen LogP contribution < -0.4 is 11.1 Å². The largest absolute Gasteiger partial charge is 0.506 e. The van der Waals surface area contributed by atoms with Gasteiger partial charge in [0.2, 0.25) is 0 Å². The minimum Gasteiger partial charge on any atom is -0.506 e. The molecule has 2 heterocycles. The Kier molecular flexibility index (Phi) is 13.0. The lowest BCUT2D eigenvalue weighted by atomic mass is 10.0. The lowest BCUT2D eigenvalue weighted by Crippen LogP contribution is -2.38. The number of phenols is 2. The summed E-state index contributed by atoms with van der Waals surface area (Å²) < 4.78 is 0. The first-order valence-electron chi connectivity index (χ1n) is 12.1. The number of aliphatic carboxylic acids is 2. The van der Waals surface area contributed by atoms with E-state index in [9.17, 15) is 24.9 Å². The maximum atomic E-state index is 11.2. The third kappa shape index (κ3) is 9.48. The number of aromatic nitrogens is 2. The Balaban J connectivity index is 0.000000256. The van der Waals surface area contributed by atoms with Gasteiger partial charge in [-0.1, -0.05) is 52.0 Å². The predicted octanol–water partition coefficient (Wildman–Crippen LogP) is 3.07. The molecule has 2 atom stereocenters. The molecular weight excluding hydrogens is 592 g/mol. The number of rotatable bonds is 8. The third-order valence-corrected chi connectivity index (χ3v) is 6.01. The second-order valence-electron chi connectivity index (χ2n) is 8.45. The van der Waals surface area contributed by atoms with Gasteiger partial charge in [-0.25, -0.2) is 0 Å². The molecular formula is C30H29BrN4O6. The number of carboxylic acid groups (broad SMARTS) is 2. The molecule has 0 fully saturated rings. The van der Waals surface area contributed by atoms with Crippen molar-refractivity contribution >= 4 is 49.7 Å². The molecule has 212 valence electrons. The van der Waals surface area contributed by atoms with Gasteiger partial charge in [0, 0.05) is 23.2 Å². The van der Waals surface area contributed by atoms with Crippen LogP contribution in [0.1, 0.15) is 11.1 Å². The standard InChI is InChI=1S/C15H14N2O3.C12H12N2O3.C3H3Br/c1-2-7-16-12(15(19)20)9-10-5-6-13(18)14-11(10)4-3-8-17-14;13-9(12(16)17)6-7-3-4-10(15)11-8(7)2-1-5-14-11;1-2-3-4/h1,3-6,8,12,16,18H,7,9H2,(H,19,20);1-5,9,15H,6,13H2,(H,16,17);1H,3H2/t12-;9-;/m00./s1. The minimum atomic E-state index is -1.05. The normalized spacial score (nSPS) is 11.5. The zero-order chi connectivity index (χ0) is 30.4. The minimum absolute atomic E-state index is 0.0767. The summed E-state index contributed by atoms with van der Waals surface area (Å²) >= 11 is 3.01. The van der Waals surface area contributed by atoms with Crippen LogP contribution in [0.25, 0.3) is 21.8 Å². The lowest BCUT2D eigenvalue weighted by Gasteiger charge is -2.14. The predicted molar refractivity (Wildman–Crippen MR) is 161 cm³/mol. The second-order valence-corrected chi connectivity index (χ2v) is 9.01.